The Balaban J connectivity index is 2.88. The van der Waals surface area contributed by atoms with Crippen LogP contribution in [-0.2, 0) is 0 Å². The number of aryl methyl sites for hydroxylation is 1. The van der Waals surface area contributed by atoms with Crippen molar-refractivity contribution < 1.29 is 0 Å². The van der Waals surface area contributed by atoms with Gasteiger partial charge < -0.3 is 5.73 Å². The van der Waals surface area contributed by atoms with Crippen LogP contribution in [0.1, 0.15) is 37.1 Å². The molecule has 84 valence electrons. The maximum Gasteiger partial charge on any atom is 0.0448 e. The Kier molecular flexibility index (Phi) is 4.68. The van der Waals surface area contributed by atoms with Gasteiger partial charge in [0.05, 0.1) is 0 Å². The maximum atomic E-state index is 6.05. The van der Waals surface area contributed by atoms with E-state index in [4.69, 9.17) is 5.73 Å². The number of rotatable bonds is 4. The maximum absolute atomic E-state index is 6.05. The standard InChI is InChI=1S/C13H21NS/c1-9(2)15-13(11(4)14)12-7-5-6-10(3)8-12/h5-9,11,13H,14H2,1-4H3. The van der Waals surface area contributed by atoms with Crippen molar-refractivity contribution >= 4 is 11.8 Å². The zero-order valence-electron chi connectivity index (χ0n) is 10.0. The predicted octanol–water partition coefficient (Wildman–Crippen LogP) is 3.52. The van der Waals surface area contributed by atoms with Crippen LogP contribution in [0.3, 0.4) is 0 Å². The van der Waals surface area contributed by atoms with Gasteiger partial charge in [0.15, 0.2) is 0 Å². The molecule has 0 aliphatic rings. The molecule has 2 unspecified atom stereocenters. The van der Waals surface area contributed by atoms with Crippen LogP contribution in [0.25, 0.3) is 0 Å². The molecule has 0 aliphatic heterocycles. The third-order valence-corrected chi connectivity index (χ3v) is 3.81. The molecule has 0 fully saturated rings. The highest BCUT2D eigenvalue weighted by Gasteiger charge is 2.18. The summed E-state index contributed by atoms with van der Waals surface area (Å²) in [5.74, 6) is 0. The van der Waals surface area contributed by atoms with Gasteiger partial charge in [-0.15, -0.1) is 11.8 Å². The Morgan fingerprint density at radius 1 is 1.20 bits per heavy atom. The topological polar surface area (TPSA) is 26.0 Å². The lowest BCUT2D eigenvalue weighted by Gasteiger charge is -2.23. The summed E-state index contributed by atoms with van der Waals surface area (Å²) >= 11 is 1.94. The third kappa shape index (κ3) is 3.88. The first-order chi connectivity index (χ1) is 7.00. The highest BCUT2D eigenvalue weighted by Crippen LogP contribution is 2.34. The fourth-order valence-electron chi connectivity index (χ4n) is 1.65. The summed E-state index contributed by atoms with van der Waals surface area (Å²) < 4.78 is 0. The van der Waals surface area contributed by atoms with Crippen LogP contribution >= 0.6 is 11.8 Å². The summed E-state index contributed by atoms with van der Waals surface area (Å²) in [4.78, 5) is 0. The van der Waals surface area contributed by atoms with Gasteiger partial charge in [0.1, 0.15) is 0 Å². The van der Waals surface area contributed by atoms with Crippen molar-refractivity contribution in [3.05, 3.63) is 35.4 Å². The van der Waals surface area contributed by atoms with Crippen LogP contribution in [0.5, 0.6) is 0 Å². The molecule has 2 atom stereocenters. The molecule has 1 nitrogen and oxygen atoms in total. The van der Waals surface area contributed by atoms with Crippen LogP contribution in [0, 0.1) is 6.92 Å². The molecule has 0 aromatic heterocycles. The van der Waals surface area contributed by atoms with Gasteiger partial charge >= 0.3 is 0 Å². The van der Waals surface area contributed by atoms with E-state index in [9.17, 15) is 0 Å². The molecule has 1 aromatic rings. The molecular formula is C13H21NS. The smallest absolute Gasteiger partial charge is 0.0448 e. The van der Waals surface area contributed by atoms with E-state index in [2.05, 4.69) is 52.0 Å². The number of benzene rings is 1. The van der Waals surface area contributed by atoms with E-state index in [1.165, 1.54) is 11.1 Å². The van der Waals surface area contributed by atoms with Crippen molar-refractivity contribution in [2.24, 2.45) is 5.73 Å². The van der Waals surface area contributed by atoms with Crippen molar-refractivity contribution in [1.82, 2.24) is 0 Å². The van der Waals surface area contributed by atoms with E-state index < -0.39 is 0 Å². The Morgan fingerprint density at radius 2 is 1.87 bits per heavy atom. The molecule has 0 radical (unpaired) electrons. The van der Waals surface area contributed by atoms with Crippen molar-refractivity contribution in [3.8, 4) is 0 Å². The van der Waals surface area contributed by atoms with Crippen LogP contribution in [0.15, 0.2) is 24.3 Å². The second kappa shape index (κ2) is 5.57. The molecule has 0 bridgehead atoms. The van der Waals surface area contributed by atoms with Gasteiger partial charge in [-0.25, -0.2) is 0 Å². The molecule has 0 aliphatic carbocycles. The molecule has 1 rings (SSSR count). The molecule has 0 heterocycles. The number of nitrogens with two attached hydrogens (primary N) is 1. The lowest BCUT2D eigenvalue weighted by molar-refractivity contribution is 0.718. The molecule has 2 N–H and O–H groups in total. The number of thioether (sulfide) groups is 1. The van der Waals surface area contributed by atoms with Crippen LogP contribution in [-0.4, -0.2) is 11.3 Å². The van der Waals surface area contributed by atoms with Crippen LogP contribution in [0.4, 0.5) is 0 Å². The summed E-state index contributed by atoms with van der Waals surface area (Å²) in [6.07, 6.45) is 0. The molecule has 2 heteroatoms. The molecule has 0 saturated heterocycles. The van der Waals surface area contributed by atoms with E-state index in [-0.39, 0.29) is 6.04 Å². The van der Waals surface area contributed by atoms with Crippen molar-refractivity contribution in [2.45, 2.75) is 44.2 Å². The van der Waals surface area contributed by atoms with Gasteiger partial charge in [-0.3, -0.25) is 0 Å². The van der Waals surface area contributed by atoms with E-state index in [0.29, 0.717) is 10.5 Å². The van der Waals surface area contributed by atoms with Crippen LogP contribution in [0.2, 0.25) is 0 Å². The normalized spacial score (nSPS) is 15.3. The number of hydrogen-bond acceptors (Lipinski definition) is 2. The highest BCUT2D eigenvalue weighted by atomic mass is 32.2. The van der Waals surface area contributed by atoms with Gasteiger partial charge in [0, 0.05) is 11.3 Å². The lowest BCUT2D eigenvalue weighted by Crippen LogP contribution is -2.23. The largest absolute Gasteiger partial charge is 0.327 e. The van der Waals surface area contributed by atoms with Crippen molar-refractivity contribution in [3.63, 3.8) is 0 Å². The third-order valence-electron chi connectivity index (χ3n) is 2.27. The van der Waals surface area contributed by atoms with Gasteiger partial charge in [0.25, 0.3) is 0 Å². The second-order valence-corrected chi connectivity index (χ2v) is 6.10. The van der Waals surface area contributed by atoms with E-state index in [0.717, 1.165) is 0 Å². The zero-order valence-corrected chi connectivity index (χ0v) is 10.8. The van der Waals surface area contributed by atoms with Crippen molar-refractivity contribution in [2.75, 3.05) is 0 Å². The Bertz CT molecular complexity index is 307. The molecule has 0 amide bonds. The van der Waals surface area contributed by atoms with E-state index in [1.807, 2.05) is 11.8 Å². The van der Waals surface area contributed by atoms with E-state index in [1.54, 1.807) is 0 Å². The molecule has 0 saturated carbocycles. The minimum atomic E-state index is 0.194. The first kappa shape index (κ1) is 12.6. The first-order valence-corrected chi connectivity index (χ1v) is 6.42. The van der Waals surface area contributed by atoms with E-state index >= 15 is 0 Å². The van der Waals surface area contributed by atoms with Crippen LogP contribution < -0.4 is 5.73 Å². The number of hydrogen-bond donors (Lipinski definition) is 1. The minimum absolute atomic E-state index is 0.194. The highest BCUT2D eigenvalue weighted by molar-refractivity contribution is 8.00. The SMILES string of the molecule is Cc1cccc(C(SC(C)C)C(C)N)c1. The van der Waals surface area contributed by atoms with Gasteiger partial charge in [-0.2, -0.15) is 0 Å². The fraction of sp³-hybridized carbons (Fsp3) is 0.538. The Labute approximate surface area is 97.4 Å². The average molecular weight is 223 g/mol. The van der Waals surface area contributed by atoms with Crippen molar-refractivity contribution in [1.29, 1.82) is 0 Å². The molecule has 0 spiro atoms. The average Bonchev–Trinajstić information content (AvgIpc) is 2.13. The fourth-order valence-corrected chi connectivity index (χ4v) is 2.78. The molecule has 1 aromatic carbocycles. The first-order valence-electron chi connectivity index (χ1n) is 5.48. The van der Waals surface area contributed by atoms with Gasteiger partial charge in [0.2, 0.25) is 0 Å². The van der Waals surface area contributed by atoms with Gasteiger partial charge in [-0.05, 0) is 24.7 Å². The Hall–Kier alpha value is -0.470. The summed E-state index contributed by atoms with van der Waals surface area (Å²) in [6.45, 7) is 8.65. The Morgan fingerprint density at radius 3 is 2.33 bits per heavy atom. The summed E-state index contributed by atoms with van der Waals surface area (Å²) in [6, 6.07) is 8.85. The summed E-state index contributed by atoms with van der Waals surface area (Å²) in [5.41, 5.74) is 8.70. The summed E-state index contributed by atoms with van der Waals surface area (Å²) in [7, 11) is 0. The molecule has 15 heavy (non-hydrogen) atoms. The molecular weight excluding hydrogens is 202 g/mol. The quantitative estimate of drug-likeness (QED) is 0.845. The summed E-state index contributed by atoms with van der Waals surface area (Å²) in [5, 5.41) is 1.02. The monoisotopic (exact) mass is 223 g/mol. The predicted molar refractivity (Wildman–Crippen MR) is 70.3 cm³/mol. The second-order valence-electron chi connectivity index (χ2n) is 4.38. The zero-order chi connectivity index (χ0) is 11.4. The lowest BCUT2D eigenvalue weighted by atomic mass is 10.0. The minimum Gasteiger partial charge on any atom is -0.327 e. The van der Waals surface area contributed by atoms with Gasteiger partial charge in [-0.1, -0.05) is 43.7 Å².